The molecule has 0 atom stereocenters. The van der Waals surface area contributed by atoms with Crippen molar-refractivity contribution in [3.63, 3.8) is 0 Å². The second-order valence-electron chi connectivity index (χ2n) is 6.75. The number of carbonyl (C=O) groups excluding carboxylic acids is 1. The summed E-state index contributed by atoms with van der Waals surface area (Å²) in [5.41, 5.74) is 5.67. The summed E-state index contributed by atoms with van der Waals surface area (Å²) in [4.78, 5) is 14.0. The summed E-state index contributed by atoms with van der Waals surface area (Å²) in [6.45, 7) is 7.83. The Hall–Kier alpha value is -0.650. The molecule has 1 aliphatic heterocycles. The molecule has 0 radical (unpaired) electrons. The van der Waals surface area contributed by atoms with E-state index in [4.69, 9.17) is 15.2 Å². The number of carbonyl (C=O) groups is 1. The number of ether oxygens (including phenoxy) is 2. The molecule has 2 aliphatic rings. The van der Waals surface area contributed by atoms with E-state index in [1.807, 2.05) is 4.90 Å². The van der Waals surface area contributed by atoms with Gasteiger partial charge >= 0.3 is 0 Å². The van der Waals surface area contributed by atoms with Gasteiger partial charge in [-0.2, -0.15) is 0 Å². The van der Waals surface area contributed by atoms with Crippen LogP contribution in [0.1, 0.15) is 39.5 Å². The normalized spacial score (nSPS) is 30.7. The average Bonchev–Trinajstić information content (AvgIpc) is 2.53. The van der Waals surface area contributed by atoms with Crippen LogP contribution < -0.4 is 5.73 Å². The summed E-state index contributed by atoms with van der Waals surface area (Å²) in [6, 6.07) is 0. The van der Waals surface area contributed by atoms with Crippen LogP contribution in [-0.2, 0) is 14.3 Å². The number of nitrogens with two attached hydrogens (primary N) is 1. The third-order valence-corrected chi connectivity index (χ3v) is 5.12. The molecule has 21 heavy (non-hydrogen) atoms. The van der Waals surface area contributed by atoms with Crippen LogP contribution in [0.3, 0.4) is 0 Å². The van der Waals surface area contributed by atoms with Crippen LogP contribution in [0, 0.1) is 11.8 Å². The van der Waals surface area contributed by atoms with Gasteiger partial charge in [0.25, 0.3) is 0 Å². The van der Waals surface area contributed by atoms with Gasteiger partial charge in [-0.3, -0.25) is 4.79 Å². The molecule has 1 aliphatic carbocycles. The van der Waals surface area contributed by atoms with Crippen molar-refractivity contribution in [2.75, 3.05) is 39.5 Å². The molecule has 1 saturated heterocycles. The Morgan fingerprint density at radius 2 is 1.95 bits per heavy atom. The molecule has 0 spiro atoms. The lowest BCUT2D eigenvalue weighted by Crippen LogP contribution is -2.48. The van der Waals surface area contributed by atoms with Crippen molar-refractivity contribution in [2.24, 2.45) is 17.6 Å². The molecule has 2 rings (SSSR count). The van der Waals surface area contributed by atoms with E-state index in [1.165, 1.54) is 0 Å². The molecular weight excluding hydrogens is 268 g/mol. The van der Waals surface area contributed by atoms with E-state index < -0.39 is 0 Å². The van der Waals surface area contributed by atoms with Gasteiger partial charge in [0.15, 0.2) is 0 Å². The molecule has 0 unspecified atom stereocenters. The number of hydrogen-bond donors (Lipinski definition) is 1. The largest absolute Gasteiger partial charge is 0.378 e. The van der Waals surface area contributed by atoms with E-state index in [0.29, 0.717) is 32.8 Å². The first kappa shape index (κ1) is 16.7. The van der Waals surface area contributed by atoms with Crippen LogP contribution in [0.15, 0.2) is 0 Å². The predicted octanol–water partition coefficient (Wildman–Crippen LogP) is 1.41. The van der Waals surface area contributed by atoms with E-state index in [1.54, 1.807) is 0 Å². The summed E-state index contributed by atoms with van der Waals surface area (Å²) in [5, 5.41) is 0. The summed E-state index contributed by atoms with van der Waals surface area (Å²) in [6.07, 6.45) is 4.26. The van der Waals surface area contributed by atoms with Gasteiger partial charge in [0.1, 0.15) is 6.61 Å². The zero-order valence-corrected chi connectivity index (χ0v) is 13.5. The number of nitrogens with zero attached hydrogens (tertiary/aromatic N) is 1. The molecule has 2 fully saturated rings. The second kappa shape index (κ2) is 7.56. The van der Waals surface area contributed by atoms with Gasteiger partial charge in [0, 0.05) is 19.6 Å². The molecule has 5 nitrogen and oxygen atoms in total. The number of rotatable bonds is 5. The van der Waals surface area contributed by atoms with Crippen LogP contribution in [0.5, 0.6) is 0 Å². The van der Waals surface area contributed by atoms with Crippen LogP contribution in [0.2, 0.25) is 0 Å². The SMILES string of the molecule is CC(C)C1CCC(CN)(OCC(=O)N2CCOCC2)CC1. The molecule has 2 N–H and O–H groups in total. The fraction of sp³-hybridized carbons (Fsp3) is 0.938. The summed E-state index contributed by atoms with van der Waals surface area (Å²) < 4.78 is 11.3. The lowest BCUT2D eigenvalue weighted by molar-refractivity contribution is -0.150. The van der Waals surface area contributed by atoms with Gasteiger partial charge in [-0.1, -0.05) is 13.8 Å². The maximum absolute atomic E-state index is 12.2. The summed E-state index contributed by atoms with van der Waals surface area (Å²) in [7, 11) is 0. The lowest BCUT2D eigenvalue weighted by atomic mass is 9.74. The summed E-state index contributed by atoms with van der Waals surface area (Å²) in [5.74, 6) is 1.55. The van der Waals surface area contributed by atoms with Crippen molar-refractivity contribution in [1.82, 2.24) is 4.90 Å². The van der Waals surface area contributed by atoms with Gasteiger partial charge in [-0.05, 0) is 37.5 Å². The van der Waals surface area contributed by atoms with E-state index in [9.17, 15) is 4.79 Å². The molecular formula is C16H30N2O3. The Morgan fingerprint density at radius 3 is 2.48 bits per heavy atom. The minimum Gasteiger partial charge on any atom is -0.378 e. The Kier molecular flexibility index (Phi) is 6.02. The first-order chi connectivity index (χ1) is 10.1. The van der Waals surface area contributed by atoms with E-state index in [2.05, 4.69) is 13.8 Å². The zero-order valence-electron chi connectivity index (χ0n) is 13.5. The third kappa shape index (κ3) is 4.41. The molecule has 0 aromatic rings. The van der Waals surface area contributed by atoms with Crippen LogP contribution in [-0.4, -0.2) is 55.9 Å². The van der Waals surface area contributed by atoms with Gasteiger partial charge in [-0.15, -0.1) is 0 Å². The fourth-order valence-corrected chi connectivity index (χ4v) is 3.36. The maximum Gasteiger partial charge on any atom is 0.248 e. The number of hydrogen-bond acceptors (Lipinski definition) is 4. The summed E-state index contributed by atoms with van der Waals surface area (Å²) >= 11 is 0. The highest BCUT2D eigenvalue weighted by Gasteiger charge is 2.36. The second-order valence-corrected chi connectivity index (χ2v) is 6.75. The highest BCUT2D eigenvalue weighted by atomic mass is 16.5. The van der Waals surface area contributed by atoms with Gasteiger partial charge in [0.2, 0.25) is 5.91 Å². The van der Waals surface area contributed by atoms with Crippen molar-refractivity contribution in [1.29, 1.82) is 0 Å². The maximum atomic E-state index is 12.2. The van der Waals surface area contributed by atoms with Crippen LogP contribution in [0.4, 0.5) is 0 Å². The molecule has 1 saturated carbocycles. The quantitative estimate of drug-likeness (QED) is 0.833. The monoisotopic (exact) mass is 298 g/mol. The standard InChI is InChI=1S/C16H30N2O3/c1-13(2)14-3-5-16(12-17,6-4-14)21-11-15(19)18-7-9-20-10-8-18/h13-14H,3-12,17H2,1-2H3. The average molecular weight is 298 g/mol. The molecule has 0 aromatic heterocycles. The number of morpholine rings is 1. The molecule has 1 amide bonds. The fourth-order valence-electron chi connectivity index (χ4n) is 3.36. The first-order valence-electron chi connectivity index (χ1n) is 8.26. The minimum atomic E-state index is -0.284. The van der Waals surface area contributed by atoms with Gasteiger partial charge in [-0.25, -0.2) is 0 Å². The Bertz CT molecular complexity index is 332. The van der Waals surface area contributed by atoms with Crippen molar-refractivity contribution >= 4 is 5.91 Å². The van der Waals surface area contributed by atoms with E-state index in [-0.39, 0.29) is 18.1 Å². The molecule has 0 aromatic carbocycles. The topological polar surface area (TPSA) is 64.8 Å². The van der Waals surface area contributed by atoms with Crippen molar-refractivity contribution in [2.45, 2.75) is 45.1 Å². The smallest absolute Gasteiger partial charge is 0.248 e. The van der Waals surface area contributed by atoms with E-state index >= 15 is 0 Å². The highest BCUT2D eigenvalue weighted by Crippen LogP contribution is 2.37. The van der Waals surface area contributed by atoms with E-state index in [0.717, 1.165) is 37.5 Å². The lowest BCUT2D eigenvalue weighted by Gasteiger charge is -2.40. The molecule has 0 bridgehead atoms. The number of amides is 1. The van der Waals surface area contributed by atoms with Crippen molar-refractivity contribution < 1.29 is 14.3 Å². The minimum absolute atomic E-state index is 0.0668. The van der Waals surface area contributed by atoms with Crippen molar-refractivity contribution in [3.8, 4) is 0 Å². The molecule has 5 heteroatoms. The van der Waals surface area contributed by atoms with Crippen LogP contribution in [0.25, 0.3) is 0 Å². The highest BCUT2D eigenvalue weighted by molar-refractivity contribution is 5.77. The Morgan fingerprint density at radius 1 is 1.33 bits per heavy atom. The van der Waals surface area contributed by atoms with Crippen LogP contribution >= 0.6 is 0 Å². The predicted molar refractivity (Wildman–Crippen MR) is 81.9 cm³/mol. The third-order valence-electron chi connectivity index (χ3n) is 5.12. The van der Waals surface area contributed by atoms with Crippen molar-refractivity contribution in [3.05, 3.63) is 0 Å². The Labute approximate surface area is 128 Å². The zero-order chi connectivity index (χ0) is 15.3. The Balaban J connectivity index is 1.81. The molecule has 122 valence electrons. The molecule has 1 heterocycles. The van der Waals surface area contributed by atoms with Gasteiger partial charge < -0.3 is 20.1 Å². The van der Waals surface area contributed by atoms with Gasteiger partial charge in [0.05, 0.1) is 18.8 Å². The first-order valence-corrected chi connectivity index (χ1v) is 8.26.